The molecule has 0 bridgehead atoms. The summed E-state index contributed by atoms with van der Waals surface area (Å²) in [7, 11) is 0. The summed E-state index contributed by atoms with van der Waals surface area (Å²) in [6.45, 7) is 1.76. The Morgan fingerprint density at radius 3 is 2.75 bits per heavy atom. The molecular formula is C19H21N5O4. The first kappa shape index (κ1) is 18.1. The van der Waals surface area contributed by atoms with Crippen LogP contribution in [0.2, 0.25) is 0 Å². The first-order chi connectivity index (χ1) is 13.4. The van der Waals surface area contributed by atoms with Crippen LogP contribution in [0.1, 0.15) is 36.2 Å². The van der Waals surface area contributed by atoms with Crippen LogP contribution in [0.4, 0.5) is 5.82 Å². The number of carboxylic acid groups (broad SMARTS) is 1. The second-order valence-corrected chi connectivity index (χ2v) is 7.23. The molecule has 0 aromatic carbocycles. The summed E-state index contributed by atoms with van der Waals surface area (Å²) in [5.41, 5.74) is 1.91. The third kappa shape index (κ3) is 3.23. The molecule has 0 spiro atoms. The molecule has 2 aromatic rings. The number of anilines is 1. The zero-order valence-electron chi connectivity index (χ0n) is 15.4. The predicted molar refractivity (Wildman–Crippen MR) is 100 cm³/mol. The maximum absolute atomic E-state index is 12.8. The number of aliphatic carboxylic acids is 1. The Morgan fingerprint density at radius 1 is 1.25 bits per heavy atom. The van der Waals surface area contributed by atoms with Crippen molar-refractivity contribution >= 4 is 17.7 Å². The third-order valence-corrected chi connectivity index (χ3v) is 5.30. The molecule has 0 aliphatic heterocycles. The summed E-state index contributed by atoms with van der Waals surface area (Å²) < 4.78 is 1.39. The van der Waals surface area contributed by atoms with Crippen LogP contribution in [-0.4, -0.2) is 36.7 Å². The molecule has 2 heterocycles. The molecule has 0 fully saturated rings. The first-order valence-electron chi connectivity index (χ1n) is 9.32. The molecule has 2 aromatic heterocycles. The quantitative estimate of drug-likeness (QED) is 0.684. The number of nitrogens with one attached hydrogen (secondary N) is 2. The summed E-state index contributed by atoms with van der Waals surface area (Å²) in [5, 5.41) is 16.5. The van der Waals surface area contributed by atoms with Crippen molar-refractivity contribution in [3.8, 4) is 5.95 Å². The van der Waals surface area contributed by atoms with Crippen LogP contribution in [-0.2, 0) is 22.4 Å². The first-order valence-corrected chi connectivity index (χ1v) is 9.32. The Balaban J connectivity index is 1.65. The van der Waals surface area contributed by atoms with E-state index in [4.69, 9.17) is 0 Å². The smallest absolute Gasteiger partial charge is 0.307 e. The number of fused-ring (bicyclic) bond motifs is 1. The Morgan fingerprint density at radius 2 is 2.00 bits per heavy atom. The SMILES string of the molecule is Cc1cc(NC(=O)[C@@H]2CC=CC[C@H]2C(=O)O)n(-c2nc3c(c(=O)[nH]2)CCC3)n1. The number of amides is 1. The lowest BCUT2D eigenvalue weighted by Crippen LogP contribution is -2.35. The average Bonchev–Trinajstić information content (AvgIpc) is 3.28. The number of aromatic nitrogens is 4. The van der Waals surface area contributed by atoms with E-state index in [2.05, 4.69) is 20.4 Å². The van der Waals surface area contributed by atoms with Gasteiger partial charge in [0.1, 0.15) is 5.82 Å². The maximum Gasteiger partial charge on any atom is 0.307 e. The van der Waals surface area contributed by atoms with Gasteiger partial charge in [0.05, 0.1) is 23.2 Å². The molecule has 146 valence electrons. The summed E-state index contributed by atoms with van der Waals surface area (Å²) >= 11 is 0. The van der Waals surface area contributed by atoms with Crippen LogP contribution in [0.5, 0.6) is 0 Å². The minimum atomic E-state index is -0.987. The number of nitrogens with zero attached hydrogens (tertiary/aromatic N) is 3. The molecule has 0 unspecified atom stereocenters. The van der Waals surface area contributed by atoms with Crippen molar-refractivity contribution in [2.24, 2.45) is 11.8 Å². The summed E-state index contributed by atoms with van der Waals surface area (Å²) in [6, 6.07) is 1.67. The van der Waals surface area contributed by atoms with E-state index in [-0.39, 0.29) is 17.4 Å². The monoisotopic (exact) mass is 383 g/mol. The molecule has 0 radical (unpaired) electrons. The molecule has 9 nitrogen and oxygen atoms in total. The lowest BCUT2D eigenvalue weighted by atomic mass is 9.82. The highest BCUT2D eigenvalue weighted by Gasteiger charge is 2.34. The van der Waals surface area contributed by atoms with Gasteiger partial charge in [0.15, 0.2) is 0 Å². The van der Waals surface area contributed by atoms with E-state index in [9.17, 15) is 19.5 Å². The van der Waals surface area contributed by atoms with Gasteiger partial charge in [-0.2, -0.15) is 9.78 Å². The molecule has 2 aliphatic carbocycles. The fourth-order valence-electron chi connectivity index (χ4n) is 3.87. The summed E-state index contributed by atoms with van der Waals surface area (Å²) in [4.78, 5) is 43.8. The maximum atomic E-state index is 12.8. The normalized spacial score (nSPS) is 20.8. The minimum Gasteiger partial charge on any atom is -0.481 e. The standard InChI is InChI=1S/C19H21N5O4/c1-10-9-15(21-16(25)11-5-2-3-6-12(11)18(27)28)24(23-10)19-20-14-8-4-7-13(14)17(26)22-19/h2-3,9,11-12H,4-8H2,1H3,(H,21,25)(H,27,28)(H,20,22,26)/t11-,12-/m1/s1. The van der Waals surface area contributed by atoms with Gasteiger partial charge in [-0.05, 0) is 39.0 Å². The van der Waals surface area contributed by atoms with Gasteiger partial charge in [-0.25, -0.2) is 4.98 Å². The van der Waals surface area contributed by atoms with E-state index in [0.717, 1.165) is 18.5 Å². The molecule has 0 saturated carbocycles. The van der Waals surface area contributed by atoms with Crippen molar-refractivity contribution in [2.45, 2.75) is 39.0 Å². The number of rotatable bonds is 4. The largest absolute Gasteiger partial charge is 0.481 e. The lowest BCUT2D eigenvalue weighted by molar-refractivity contribution is -0.146. The Labute approximate surface area is 160 Å². The molecule has 2 atom stereocenters. The van der Waals surface area contributed by atoms with Gasteiger partial charge in [-0.3, -0.25) is 19.4 Å². The Hall–Kier alpha value is -3.23. The topological polar surface area (TPSA) is 130 Å². The van der Waals surface area contributed by atoms with Crippen molar-refractivity contribution in [2.75, 3.05) is 5.32 Å². The highest BCUT2D eigenvalue weighted by Crippen LogP contribution is 2.28. The fraction of sp³-hybridized carbons (Fsp3) is 0.421. The van der Waals surface area contributed by atoms with Gasteiger partial charge in [-0.1, -0.05) is 12.2 Å². The predicted octanol–water partition coefficient (Wildman–Crippen LogP) is 1.36. The van der Waals surface area contributed by atoms with Crippen molar-refractivity contribution in [1.82, 2.24) is 19.7 Å². The van der Waals surface area contributed by atoms with Crippen LogP contribution in [0.15, 0.2) is 23.0 Å². The van der Waals surface area contributed by atoms with Crippen LogP contribution in [0, 0.1) is 18.8 Å². The second kappa shape index (κ2) is 7.06. The Kier molecular flexibility index (Phi) is 4.58. The summed E-state index contributed by atoms with van der Waals surface area (Å²) in [6.07, 6.45) is 6.65. The Bertz CT molecular complexity index is 1040. The van der Waals surface area contributed by atoms with Gasteiger partial charge in [0.2, 0.25) is 11.9 Å². The number of hydrogen-bond donors (Lipinski definition) is 3. The highest BCUT2D eigenvalue weighted by atomic mass is 16.4. The van der Waals surface area contributed by atoms with Crippen molar-refractivity contribution in [3.05, 3.63) is 45.5 Å². The van der Waals surface area contributed by atoms with E-state index in [1.54, 1.807) is 19.1 Å². The van der Waals surface area contributed by atoms with Crippen molar-refractivity contribution in [1.29, 1.82) is 0 Å². The number of carbonyl (C=O) groups is 2. The highest BCUT2D eigenvalue weighted by molar-refractivity contribution is 5.95. The number of H-pyrrole nitrogens is 1. The summed E-state index contributed by atoms with van der Waals surface area (Å²) in [5.74, 6) is -2.21. The number of aromatic amines is 1. The van der Waals surface area contributed by atoms with Gasteiger partial charge in [0, 0.05) is 11.6 Å². The van der Waals surface area contributed by atoms with E-state index in [1.165, 1.54) is 4.68 Å². The van der Waals surface area contributed by atoms with Crippen LogP contribution >= 0.6 is 0 Å². The molecule has 28 heavy (non-hydrogen) atoms. The molecule has 3 N–H and O–H groups in total. The van der Waals surface area contributed by atoms with Gasteiger partial charge in [0.25, 0.3) is 5.56 Å². The van der Waals surface area contributed by atoms with E-state index in [1.807, 2.05) is 6.08 Å². The van der Waals surface area contributed by atoms with Crippen LogP contribution in [0.3, 0.4) is 0 Å². The van der Waals surface area contributed by atoms with Crippen LogP contribution in [0.25, 0.3) is 5.95 Å². The fourth-order valence-corrected chi connectivity index (χ4v) is 3.87. The molecule has 0 saturated heterocycles. The average molecular weight is 383 g/mol. The second-order valence-electron chi connectivity index (χ2n) is 7.23. The number of allylic oxidation sites excluding steroid dienone is 2. The van der Waals surface area contributed by atoms with E-state index < -0.39 is 17.8 Å². The zero-order valence-corrected chi connectivity index (χ0v) is 15.4. The molecule has 9 heteroatoms. The zero-order chi connectivity index (χ0) is 19.8. The van der Waals surface area contributed by atoms with E-state index in [0.29, 0.717) is 36.3 Å². The van der Waals surface area contributed by atoms with Gasteiger partial charge < -0.3 is 10.4 Å². The van der Waals surface area contributed by atoms with Crippen molar-refractivity contribution in [3.63, 3.8) is 0 Å². The lowest BCUT2D eigenvalue weighted by Gasteiger charge is -2.24. The number of carboxylic acids is 1. The number of carbonyl (C=O) groups excluding carboxylic acids is 1. The molecule has 4 rings (SSSR count). The molecule has 1 amide bonds. The third-order valence-electron chi connectivity index (χ3n) is 5.30. The van der Waals surface area contributed by atoms with Crippen molar-refractivity contribution < 1.29 is 14.7 Å². The molecule has 2 aliphatic rings. The number of aryl methyl sites for hydroxylation is 2. The van der Waals surface area contributed by atoms with Gasteiger partial charge >= 0.3 is 5.97 Å². The van der Waals surface area contributed by atoms with Gasteiger partial charge in [-0.15, -0.1) is 0 Å². The minimum absolute atomic E-state index is 0.189. The van der Waals surface area contributed by atoms with Crippen LogP contribution < -0.4 is 10.9 Å². The number of hydrogen-bond acceptors (Lipinski definition) is 5. The molecular weight excluding hydrogens is 362 g/mol. The van der Waals surface area contributed by atoms with E-state index >= 15 is 0 Å².